The first-order chi connectivity index (χ1) is 7.63. The SMILES string of the molecule is Cn1cnc(-c2ccc(Cl)cc2Cl)c1C#N. The molecule has 2 rings (SSSR count). The third-order valence-electron chi connectivity index (χ3n) is 2.23. The van der Waals surface area contributed by atoms with Crippen molar-refractivity contribution in [3.8, 4) is 17.3 Å². The summed E-state index contributed by atoms with van der Waals surface area (Å²) in [6.45, 7) is 0. The summed E-state index contributed by atoms with van der Waals surface area (Å²) in [5.41, 5.74) is 1.76. The highest BCUT2D eigenvalue weighted by atomic mass is 35.5. The lowest BCUT2D eigenvalue weighted by Crippen LogP contribution is -1.91. The molecule has 1 aromatic heterocycles. The number of nitriles is 1. The number of halogens is 2. The van der Waals surface area contributed by atoms with Gasteiger partial charge in [-0.05, 0) is 18.2 Å². The zero-order chi connectivity index (χ0) is 11.7. The van der Waals surface area contributed by atoms with Gasteiger partial charge in [-0.2, -0.15) is 5.26 Å². The van der Waals surface area contributed by atoms with E-state index in [4.69, 9.17) is 28.5 Å². The Morgan fingerprint density at radius 1 is 1.38 bits per heavy atom. The molecule has 0 spiro atoms. The Kier molecular flexibility index (Phi) is 2.86. The molecule has 0 amide bonds. The molecule has 16 heavy (non-hydrogen) atoms. The second kappa shape index (κ2) is 4.17. The molecule has 0 aliphatic carbocycles. The normalized spacial score (nSPS) is 10.1. The fourth-order valence-electron chi connectivity index (χ4n) is 1.44. The molecule has 0 atom stereocenters. The number of hydrogen-bond donors (Lipinski definition) is 0. The van der Waals surface area contributed by atoms with Gasteiger partial charge in [0.1, 0.15) is 17.5 Å². The molecule has 3 nitrogen and oxygen atoms in total. The van der Waals surface area contributed by atoms with Gasteiger partial charge < -0.3 is 4.57 Å². The van der Waals surface area contributed by atoms with Gasteiger partial charge in [-0.15, -0.1) is 0 Å². The van der Waals surface area contributed by atoms with E-state index in [0.29, 0.717) is 27.0 Å². The van der Waals surface area contributed by atoms with Crippen molar-refractivity contribution in [3.63, 3.8) is 0 Å². The van der Waals surface area contributed by atoms with Crippen molar-refractivity contribution >= 4 is 23.2 Å². The van der Waals surface area contributed by atoms with Gasteiger partial charge in [0.15, 0.2) is 0 Å². The first-order valence-corrected chi connectivity index (χ1v) is 5.26. The van der Waals surface area contributed by atoms with Gasteiger partial charge in [0.25, 0.3) is 0 Å². The highest BCUT2D eigenvalue weighted by Crippen LogP contribution is 2.30. The summed E-state index contributed by atoms with van der Waals surface area (Å²) in [6.07, 6.45) is 1.58. The van der Waals surface area contributed by atoms with Crippen molar-refractivity contribution in [1.82, 2.24) is 9.55 Å². The van der Waals surface area contributed by atoms with Crippen LogP contribution in [0.25, 0.3) is 11.3 Å². The van der Waals surface area contributed by atoms with Crippen molar-refractivity contribution in [1.29, 1.82) is 5.26 Å². The van der Waals surface area contributed by atoms with Gasteiger partial charge >= 0.3 is 0 Å². The van der Waals surface area contributed by atoms with Crippen molar-refractivity contribution < 1.29 is 0 Å². The third kappa shape index (κ3) is 1.78. The molecule has 0 radical (unpaired) electrons. The standard InChI is InChI=1S/C11H7Cl2N3/c1-16-6-15-11(10(16)5-14)8-3-2-7(12)4-9(8)13/h2-4,6H,1H3. The van der Waals surface area contributed by atoms with Gasteiger partial charge in [-0.3, -0.25) is 0 Å². The molecule has 5 heteroatoms. The lowest BCUT2D eigenvalue weighted by atomic mass is 10.1. The maximum absolute atomic E-state index is 9.01. The lowest BCUT2D eigenvalue weighted by Gasteiger charge is -2.02. The maximum Gasteiger partial charge on any atom is 0.147 e. The van der Waals surface area contributed by atoms with Crippen molar-refractivity contribution in [2.24, 2.45) is 7.05 Å². The monoisotopic (exact) mass is 251 g/mol. The Labute approximate surface area is 103 Å². The second-order valence-electron chi connectivity index (χ2n) is 3.29. The van der Waals surface area contributed by atoms with Crippen molar-refractivity contribution in [3.05, 3.63) is 40.3 Å². The molecule has 0 saturated heterocycles. The van der Waals surface area contributed by atoms with E-state index in [-0.39, 0.29) is 0 Å². The van der Waals surface area contributed by atoms with Crippen LogP contribution in [0.4, 0.5) is 0 Å². The van der Waals surface area contributed by atoms with Crippen LogP contribution in [-0.4, -0.2) is 9.55 Å². The molecule has 0 saturated carbocycles. The van der Waals surface area contributed by atoms with Crippen LogP contribution in [0.2, 0.25) is 10.0 Å². The molecule has 0 N–H and O–H groups in total. The van der Waals surface area contributed by atoms with E-state index in [2.05, 4.69) is 11.1 Å². The molecule has 0 unspecified atom stereocenters. The molecule has 1 heterocycles. The fraction of sp³-hybridized carbons (Fsp3) is 0.0909. The summed E-state index contributed by atoms with van der Waals surface area (Å²) >= 11 is 11.9. The van der Waals surface area contributed by atoms with Crippen molar-refractivity contribution in [2.75, 3.05) is 0 Å². The van der Waals surface area contributed by atoms with E-state index >= 15 is 0 Å². The molecule has 2 aromatic rings. The summed E-state index contributed by atoms with van der Waals surface area (Å²) in [5, 5.41) is 10.1. The van der Waals surface area contributed by atoms with E-state index in [9.17, 15) is 0 Å². The quantitative estimate of drug-likeness (QED) is 0.781. The molecule has 1 aromatic carbocycles. The van der Waals surface area contributed by atoms with Crippen LogP contribution in [0.5, 0.6) is 0 Å². The number of benzene rings is 1. The van der Waals surface area contributed by atoms with Crippen LogP contribution in [0, 0.1) is 11.3 Å². The van der Waals surface area contributed by atoms with Crippen LogP contribution in [0.15, 0.2) is 24.5 Å². The molecular weight excluding hydrogens is 245 g/mol. The molecule has 0 bridgehead atoms. The Bertz CT molecular complexity index is 581. The maximum atomic E-state index is 9.01. The Balaban J connectivity index is 2.64. The first kappa shape index (κ1) is 11.0. The Morgan fingerprint density at radius 3 is 2.75 bits per heavy atom. The number of aryl methyl sites for hydroxylation is 1. The van der Waals surface area contributed by atoms with Crippen LogP contribution in [-0.2, 0) is 7.05 Å². The molecule has 0 aliphatic heterocycles. The topological polar surface area (TPSA) is 41.6 Å². The van der Waals surface area contributed by atoms with Crippen LogP contribution >= 0.6 is 23.2 Å². The molecular formula is C11H7Cl2N3. The average Bonchev–Trinajstić information content (AvgIpc) is 2.59. The summed E-state index contributed by atoms with van der Waals surface area (Å²) in [7, 11) is 1.76. The van der Waals surface area contributed by atoms with E-state index in [1.54, 1.807) is 36.1 Å². The smallest absolute Gasteiger partial charge is 0.147 e. The van der Waals surface area contributed by atoms with Crippen LogP contribution in [0.1, 0.15) is 5.69 Å². The minimum absolute atomic E-state index is 0.476. The third-order valence-corrected chi connectivity index (χ3v) is 2.78. The number of hydrogen-bond acceptors (Lipinski definition) is 2. The first-order valence-electron chi connectivity index (χ1n) is 4.50. The number of imidazole rings is 1. The highest BCUT2D eigenvalue weighted by Gasteiger charge is 2.13. The predicted octanol–water partition coefficient (Wildman–Crippen LogP) is 3.27. The van der Waals surface area contributed by atoms with Crippen molar-refractivity contribution in [2.45, 2.75) is 0 Å². The summed E-state index contributed by atoms with van der Waals surface area (Å²) in [4.78, 5) is 4.16. The average molecular weight is 252 g/mol. The largest absolute Gasteiger partial charge is 0.325 e. The lowest BCUT2D eigenvalue weighted by molar-refractivity contribution is 0.897. The predicted molar refractivity (Wildman–Crippen MR) is 63.4 cm³/mol. The van der Waals surface area contributed by atoms with Crippen LogP contribution < -0.4 is 0 Å². The van der Waals surface area contributed by atoms with E-state index in [0.717, 1.165) is 0 Å². The van der Waals surface area contributed by atoms with Gasteiger partial charge in [0, 0.05) is 17.6 Å². The number of rotatable bonds is 1. The molecule has 0 aliphatic rings. The number of aromatic nitrogens is 2. The fourth-order valence-corrected chi connectivity index (χ4v) is 1.94. The van der Waals surface area contributed by atoms with E-state index in [1.165, 1.54) is 0 Å². The van der Waals surface area contributed by atoms with Crippen LogP contribution in [0.3, 0.4) is 0 Å². The summed E-state index contributed by atoms with van der Waals surface area (Å²) < 4.78 is 1.65. The highest BCUT2D eigenvalue weighted by molar-refractivity contribution is 6.36. The minimum atomic E-state index is 0.476. The van der Waals surface area contributed by atoms with E-state index in [1.807, 2.05) is 0 Å². The van der Waals surface area contributed by atoms with Gasteiger partial charge in [-0.25, -0.2) is 4.98 Å². The molecule has 0 fully saturated rings. The zero-order valence-corrected chi connectivity index (χ0v) is 9.92. The van der Waals surface area contributed by atoms with Gasteiger partial charge in [-0.1, -0.05) is 23.2 Å². The second-order valence-corrected chi connectivity index (χ2v) is 4.13. The number of nitrogens with zero attached hydrogens (tertiary/aromatic N) is 3. The summed E-state index contributed by atoms with van der Waals surface area (Å²) in [5.74, 6) is 0. The van der Waals surface area contributed by atoms with E-state index < -0.39 is 0 Å². The molecule has 80 valence electrons. The van der Waals surface area contributed by atoms with Gasteiger partial charge in [0.05, 0.1) is 11.3 Å². The minimum Gasteiger partial charge on any atom is -0.325 e. The Hall–Kier alpha value is -1.50. The zero-order valence-electron chi connectivity index (χ0n) is 8.41. The van der Waals surface area contributed by atoms with Gasteiger partial charge in [0.2, 0.25) is 0 Å². The summed E-state index contributed by atoms with van der Waals surface area (Å²) in [6, 6.07) is 7.20. The Morgan fingerprint density at radius 2 is 2.12 bits per heavy atom.